The molecule has 1 aromatic carbocycles. The Balaban J connectivity index is 2.87. The van der Waals surface area contributed by atoms with Gasteiger partial charge in [-0.15, -0.1) is 0 Å². The number of anilines is 2. The number of hydroxylamine groups is 1. The fourth-order valence-electron chi connectivity index (χ4n) is 1.43. The summed E-state index contributed by atoms with van der Waals surface area (Å²) < 4.78 is 0. The Hall–Kier alpha value is -1.22. The van der Waals surface area contributed by atoms with Crippen LogP contribution in [0, 0.1) is 0 Å². The first kappa shape index (κ1) is 11.9. The Bertz CT molecular complexity index is 299. The topological polar surface area (TPSA) is 15.7 Å². The third kappa shape index (κ3) is 3.13. The number of benzene rings is 1. The average molecular weight is 208 g/mol. The van der Waals surface area contributed by atoms with E-state index in [9.17, 15) is 0 Å². The summed E-state index contributed by atoms with van der Waals surface area (Å²) in [6, 6.07) is 8.32. The predicted octanol–water partition coefficient (Wildman–Crippen LogP) is 2.53. The molecule has 0 N–H and O–H groups in total. The molecule has 0 aliphatic rings. The normalized spacial score (nSPS) is 10.1. The van der Waals surface area contributed by atoms with Gasteiger partial charge in [0.2, 0.25) is 0 Å². The van der Waals surface area contributed by atoms with Gasteiger partial charge in [0.25, 0.3) is 0 Å². The zero-order valence-corrected chi connectivity index (χ0v) is 10.0. The molecule has 0 spiro atoms. The first-order valence-corrected chi connectivity index (χ1v) is 5.36. The smallest absolute Gasteiger partial charge is 0.0720 e. The predicted molar refractivity (Wildman–Crippen MR) is 65.4 cm³/mol. The van der Waals surface area contributed by atoms with E-state index in [2.05, 4.69) is 30.0 Å². The monoisotopic (exact) mass is 208 g/mol. The fraction of sp³-hybridized carbons (Fsp3) is 0.500. The third-order valence-electron chi connectivity index (χ3n) is 2.21. The second-order valence-corrected chi connectivity index (χ2v) is 3.53. The lowest BCUT2D eigenvalue weighted by molar-refractivity contribution is 0.123. The molecule has 0 atom stereocenters. The minimum atomic E-state index is 0.694. The highest BCUT2D eigenvalue weighted by atomic mass is 16.7. The van der Waals surface area contributed by atoms with Gasteiger partial charge in [-0.05, 0) is 32.0 Å². The summed E-state index contributed by atoms with van der Waals surface area (Å²) in [6.07, 6.45) is 0. The lowest BCUT2D eigenvalue weighted by atomic mass is 10.2. The molecule has 15 heavy (non-hydrogen) atoms. The molecule has 84 valence electrons. The van der Waals surface area contributed by atoms with Crippen molar-refractivity contribution in [2.75, 3.05) is 37.2 Å². The first-order chi connectivity index (χ1) is 7.19. The first-order valence-electron chi connectivity index (χ1n) is 5.36. The van der Waals surface area contributed by atoms with E-state index in [1.807, 2.05) is 32.1 Å². The Morgan fingerprint density at radius 3 is 2.33 bits per heavy atom. The molecule has 3 nitrogen and oxygen atoms in total. The highest BCUT2D eigenvalue weighted by Crippen LogP contribution is 2.21. The Kier molecular flexibility index (Phi) is 4.43. The zero-order chi connectivity index (χ0) is 11.3. The van der Waals surface area contributed by atoms with Gasteiger partial charge in [-0.2, -0.15) is 0 Å². The van der Waals surface area contributed by atoms with Crippen molar-refractivity contribution in [2.24, 2.45) is 0 Å². The van der Waals surface area contributed by atoms with Crippen LogP contribution in [0.25, 0.3) is 0 Å². The van der Waals surface area contributed by atoms with Crippen LogP contribution in [0.2, 0.25) is 0 Å². The van der Waals surface area contributed by atoms with E-state index in [1.54, 1.807) is 0 Å². The van der Waals surface area contributed by atoms with Gasteiger partial charge in [0, 0.05) is 26.3 Å². The summed E-state index contributed by atoms with van der Waals surface area (Å²) in [7, 11) is 4.08. The van der Waals surface area contributed by atoms with Gasteiger partial charge in [0.1, 0.15) is 0 Å². The van der Waals surface area contributed by atoms with E-state index in [-0.39, 0.29) is 0 Å². The van der Waals surface area contributed by atoms with Crippen molar-refractivity contribution in [3.05, 3.63) is 24.3 Å². The van der Waals surface area contributed by atoms with Crippen molar-refractivity contribution in [2.45, 2.75) is 13.8 Å². The van der Waals surface area contributed by atoms with Crippen LogP contribution in [0.5, 0.6) is 0 Å². The molecule has 0 unspecified atom stereocenters. The molecule has 0 aliphatic heterocycles. The second kappa shape index (κ2) is 5.61. The molecule has 0 aromatic heterocycles. The number of hydrogen-bond acceptors (Lipinski definition) is 3. The van der Waals surface area contributed by atoms with Crippen LogP contribution in [0.1, 0.15) is 13.8 Å². The Morgan fingerprint density at radius 2 is 1.80 bits per heavy atom. The van der Waals surface area contributed by atoms with E-state index in [0.717, 1.165) is 12.2 Å². The zero-order valence-electron chi connectivity index (χ0n) is 10.0. The quantitative estimate of drug-likeness (QED) is 0.692. The molecule has 0 saturated carbocycles. The van der Waals surface area contributed by atoms with Crippen LogP contribution in [0.3, 0.4) is 0 Å². The fourth-order valence-corrected chi connectivity index (χ4v) is 1.43. The molecule has 0 heterocycles. The van der Waals surface area contributed by atoms with Crippen LogP contribution in [-0.4, -0.2) is 27.2 Å². The molecule has 0 aliphatic carbocycles. The van der Waals surface area contributed by atoms with Crippen molar-refractivity contribution in [1.82, 2.24) is 0 Å². The van der Waals surface area contributed by atoms with Gasteiger partial charge in [-0.1, -0.05) is 6.07 Å². The minimum Gasteiger partial charge on any atom is -0.378 e. The van der Waals surface area contributed by atoms with Crippen LogP contribution < -0.4 is 9.96 Å². The molecule has 0 amide bonds. The van der Waals surface area contributed by atoms with Crippen molar-refractivity contribution >= 4 is 11.4 Å². The summed E-state index contributed by atoms with van der Waals surface area (Å²) in [4.78, 5) is 7.61. The van der Waals surface area contributed by atoms with Gasteiger partial charge < -0.3 is 4.90 Å². The van der Waals surface area contributed by atoms with Crippen molar-refractivity contribution in [3.63, 3.8) is 0 Å². The maximum absolute atomic E-state index is 5.53. The molecular weight excluding hydrogens is 188 g/mol. The Morgan fingerprint density at radius 1 is 1.13 bits per heavy atom. The largest absolute Gasteiger partial charge is 0.378 e. The summed E-state index contributed by atoms with van der Waals surface area (Å²) >= 11 is 0. The molecule has 1 aromatic rings. The van der Waals surface area contributed by atoms with E-state index < -0.39 is 0 Å². The molecule has 0 fully saturated rings. The van der Waals surface area contributed by atoms with Crippen molar-refractivity contribution < 1.29 is 4.84 Å². The number of hydrogen-bond donors (Lipinski definition) is 0. The maximum atomic E-state index is 5.53. The van der Waals surface area contributed by atoms with E-state index >= 15 is 0 Å². The molecule has 0 bridgehead atoms. The average Bonchev–Trinajstić information content (AvgIpc) is 2.26. The van der Waals surface area contributed by atoms with Crippen LogP contribution in [0.15, 0.2) is 24.3 Å². The van der Waals surface area contributed by atoms with E-state index in [0.29, 0.717) is 6.61 Å². The third-order valence-corrected chi connectivity index (χ3v) is 2.21. The van der Waals surface area contributed by atoms with Gasteiger partial charge in [0.15, 0.2) is 0 Å². The lowest BCUT2D eigenvalue weighted by Crippen LogP contribution is -2.23. The van der Waals surface area contributed by atoms with Crippen molar-refractivity contribution in [1.29, 1.82) is 0 Å². The summed E-state index contributed by atoms with van der Waals surface area (Å²) in [5, 5.41) is 1.91. The second-order valence-electron chi connectivity index (χ2n) is 3.53. The van der Waals surface area contributed by atoms with E-state index in [4.69, 9.17) is 4.84 Å². The molecule has 1 rings (SSSR count). The van der Waals surface area contributed by atoms with Gasteiger partial charge in [0.05, 0.1) is 12.3 Å². The van der Waals surface area contributed by atoms with Crippen LogP contribution in [0.4, 0.5) is 11.4 Å². The van der Waals surface area contributed by atoms with Crippen LogP contribution in [-0.2, 0) is 4.84 Å². The summed E-state index contributed by atoms with van der Waals surface area (Å²) in [6.45, 7) is 5.63. The summed E-state index contributed by atoms with van der Waals surface area (Å²) in [5.41, 5.74) is 2.29. The van der Waals surface area contributed by atoms with E-state index in [1.165, 1.54) is 5.69 Å². The number of rotatable bonds is 5. The Labute approximate surface area is 92.2 Å². The van der Waals surface area contributed by atoms with Gasteiger partial charge in [-0.3, -0.25) is 9.90 Å². The SMILES string of the molecule is CCON(CC)c1cccc(N(C)C)c1. The lowest BCUT2D eigenvalue weighted by Gasteiger charge is -2.23. The molecule has 0 saturated heterocycles. The number of nitrogens with zero attached hydrogens (tertiary/aromatic N) is 2. The van der Waals surface area contributed by atoms with Crippen LogP contribution >= 0.6 is 0 Å². The minimum absolute atomic E-state index is 0.694. The van der Waals surface area contributed by atoms with Crippen molar-refractivity contribution in [3.8, 4) is 0 Å². The molecular formula is C12H20N2O. The highest BCUT2D eigenvalue weighted by Gasteiger charge is 2.05. The van der Waals surface area contributed by atoms with Gasteiger partial charge in [-0.25, -0.2) is 0 Å². The summed E-state index contributed by atoms with van der Waals surface area (Å²) in [5.74, 6) is 0. The standard InChI is InChI=1S/C12H20N2O/c1-5-14(15-6-2)12-9-7-8-11(10-12)13(3)4/h7-10H,5-6H2,1-4H3. The maximum Gasteiger partial charge on any atom is 0.0720 e. The molecule has 3 heteroatoms. The highest BCUT2D eigenvalue weighted by molar-refractivity contribution is 5.57. The van der Waals surface area contributed by atoms with Gasteiger partial charge >= 0.3 is 0 Å². The molecule has 0 radical (unpaired) electrons.